The summed E-state index contributed by atoms with van der Waals surface area (Å²) >= 11 is 0. The number of hydrogen-bond acceptors (Lipinski definition) is 4. The van der Waals surface area contributed by atoms with Crippen molar-refractivity contribution in [2.24, 2.45) is 0 Å². The van der Waals surface area contributed by atoms with E-state index in [1.54, 1.807) is 25.4 Å². The van der Waals surface area contributed by atoms with Crippen LogP contribution >= 0.6 is 0 Å². The molecule has 1 aromatic heterocycles. The molecule has 0 aliphatic rings. The van der Waals surface area contributed by atoms with Crippen molar-refractivity contribution in [3.63, 3.8) is 0 Å². The van der Waals surface area contributed by atoms with Crippen LogP contribution in [0.15, 0.2) is 42.6 Å². The molecule has 0 fully saturated rings. The Bertz CT molecular complexity index is 497. The fourth-order valence-corrected chi connectivity index (χ4v) is 1.57. The minimum Gasteiger partial charge on any atom is -0.457 e. The maximum atomic E-state index is 5.67. The number of methoxy groups -OCH3 is 1. The monoisotopic (exact) mass is 244 g/mol. The van der Waals surface area contributed by atoms with Gasteiger partial charge in [-0.15, -0.1) is 0 Å². The molecular formula is C14H16N2O2. The van der Waals surface area contributed by atoms with Gasteiger partial charge in [-0.1, -0.05) is 12.1 Å². The van der Waals surface area contributed by atoms with Gasteiger partial charge < -0.3 is 15.2 Å². The van der Waals surface area contributed by atoms with E-state index in [1.807, 2.05) is 24.3 Å². The van der Waals surface area contributed by atoms with Gasteiger partial charge in [-0.25, -0.2) is 4.98 Å². The molecule has 4 nitrogen and oxygen atoms in total. The summed E-state index contributed by atoms with van der Waals surface area (Å²) in [6.07, 6.45) is 2.52. The van der Waals surface area contributed by atoms with Gasteiger partial charge in [-0.3, -0.25) is 0 Å². The quantitative estimate of drug-likeness (QED) is 0.878. The number of hydrogen-bond donors (Lipinski definition) is 1. The van der Waals surface area contributed by atoms with Crippen LogP contribution in [0.1, 0.15) is 5.56 Å². The summed E-state index contributed by atoms with van der Waals surface area (Å²) in [6, 6.07) is 11.4. The summed E-state index contributed by atoms with van der Waals surface area (Å²) in [7, 11) is 1.70. The van der Waals surface area contributed by atoms with Crippen LogP contribution in [0.5, 0.6) is 11.5 Å². The molecule has 2 aromatic rings. The number of benzene rings is 1. The van der Waals surface area contributed by atoms with Crippen molar-refractivity contribution >= 4 is 5.82 Å². The van der Waals surface area contributed by atoms with Gasteiger partial charge >= 0.3 is 0 Å². The molecule has 94 valence electrons. The third kappa shape index (κ3) is 3.46. The Morgan fingerprint density at radius 1 is 1.11 bits per heavy atom. The van der Waals surface area contributed by atoms with Crippen molar-refractivity contribution in [1.29, 1.82) is 0 Å². The van der Waals surface area contributed by atoms with Crippen molar-refractivity contribution < 1.29 is 9.47 Å². The summed E-state index contributed by atoms with van der Waals surface area (Å²) in [6.45, 7) is 0.723. The Labute approximate surface area is 106 Å². The zero-order valence-electron chi connectivity index (χ0n) is 10.3. The first-order chi connectivity index (χ1) is 8.78. The molecule has 4 heteroatoms. The van der Waals surface area contributed by atoms with E-state index < -0.39 is 0 Å². The van der Waals surface area contributed by atoms with E-state index in [0.717, 1.165) is 18.8 Å². The first kappa shape index (κ1) is 12.4. The lowest BCUT2D eigenvalue weighted by Gasteiger charge is -2.07. The summed E-state index contributed by atoms with van der Waals surface area (Å²) in [4.78, 5) is 3.91. The molecule has 0 radical (unpaired) electrons. The second kappa shape index (κ2) is 6.02. The van der Waals surface area contributed by atoms with Gasteiger partial charge in [0.25, 0.3) is 0 Å². The highest BCUT2D eigenvalue weighted by atomic mass is 16.5. The summed E-state index contributed by atoms with van der Waals surface area (Å²) in [5.74, 6) is 1.91. The molecule has 0 aliphatic heterocycles. The SMILES string of the molecule is COCCc1ccc(Oc2ccnc(N)c2)cc1. The molecular weight excluding hydrogens is 228 g/mol. The van der Waals surface area contributed by atoms with E-state index in [0.29, 0.717) is 11.6 Å². The van der Waals surface area contributed by atoms with E-state index in [9.17, 15) is 0 Å². The van der Waals surface area contributed by atoms with Crippen LogP contribution in [-0.2, 0) is 11.2 Å². The fraction of sp³-hybridized carbons (Fsp3) is 0.214. The molecule has 0 saturated carbocycles. The van der Waals surface area contributed by atoms with Crippen LogP contribution in [0.2, 0.25) is 0 Å². The van der Waals surface area contributed by atoms with E-state index >= 15 is 0 Å². The summed E-state index contributed by atoms with van der Waals surface area (Å²) in [5, 5.41) is 0. The number of nitrogens with two attached hydrogens (primary N) is 1. The van der Waals surface area contributed by atoms with Crippen LogP contribution in [-0.4, -0.2) is 18.7 Å². The van der Waals surface area contributed by atoms with Crippen molar-refractivity contribution in [3.8, 4) is 11.5 Å². The summed E-state index contributed by atoms with van der Waals surface area (Å²) in [5.41, 5.74) is 6.81. The normalized spacial score (nSPS) is 10.3. The molecule has 1 heterocycles. The maximum absolute atomic E-state index is 5.67. The molecule has 0 spiro atoms. The average molecular weight is 244 g/mol. The number of rotatable bonds is 5. The van der Waals surface area contributed by atoms with Crippen molar-refractivity contribution in [3.05, 3.63) is 48.2 Å². The van der Waals surface area contributed by atoms with Crippen molar-refractivity contribution in [2.45, 2.75) is 6.42 Å². The third-order valence-corrected chi connectivity index (χ3v) is 2.51. The van der Waals surface area contributed by atoms with Crippen molar-refractivity contribution in [2.75, 3.05) is 19.5 Å². The number of aromatic nitrogens is 1. The smallest absolute Gasteiger partial charge is 0.132 e. The second-order valence-electron chi connectivity index (χ2n) is 3.91. The van der Waals surface area contributed by atoms with E-state index in [1.165, 1.54) is 5.56 Å². The molecule has 0 aliphatic carbocycles. The number of anilines is 1. The molecule has 0 bridgehead atoms. The fourth-order valence-electron chi connectivity index (χ4n) is 1.57. The van der Waals surface area contributed by atoms with Crippen LogP contribution in [0.4, 0.5) is 5.82 Å². The predicted molar refractivity (Wildman–Crippen MR) is 70.7 cm³/mol. The number of pyridine rings is 1. The average Bonchev–Trinajstić information content (AvgIpc) is 2.38. The Kier molecular flexibility index (Phi) is 4.15. The lowest BCUT2D eigenvalue weighted by molar-refractivity contribution is 0.202. The number of nitrogen functional groups attached to an aromatic ring is 1. The van der Waals surface area contributed by atoms with Crippen LogP contribution in [0, 0.1) is 0 Å². The molecule has 0 atom stereocenters. The minimum atomic E-state index is 0.448. The minimum absolute atomic E-state index is 0.448. The van der Waals surface area contributed by atoms with Gasteiger partial charge in [0.1, 0.15) is 17.3 Å². The van der Waals surface area contributed by atoms with Gasteiger partial charge in [0.2, 0.25) is 0 Å². The van der Waals surface area contributed by atoms with E-state index in [-0.39, 0.29) is 0 Å². The van der Waals surface area contributed by atoms with Gasteiger partial charge in [-0.05, 0) is 30.2 Å². The largest absolute Gasteiger partial charge is 0.457 e. The zero-order valence-corrected chi connectivity index (χ0v) is 10.3. The van der Waals surface area contributed by atoms with Crippen molar-refractivity contribution in [1.82, 2.24) is 4.98 Å². The maximum Gasteiger partial charge on any atom is 0.132 e. The molecule has 18 heavy (non-hydrogen) atoms. The highest BCUT2D eigenvalue weighted by Crippen LogP contribution is 2.22. The molecule has 2 rings (SSSR count). The lowest BCUT2D eigenvalue weighted by atomic mass is 10.1. The van der Waals surface area contributed by atoms with Gasteiger partial charge in [0, 0.05) is 19.4 Å². The van der Waals surface area contributed by atoms with E-state index in [2.05, 4.69) is 4.98 Å². The number of ether oxygens (including phenoxy) is 2. The zero-order chi connectivity index (χ0) is 12.8. The van der Waals surface area contributed by atoms with Gasteiger partial charge in [0.15, 0.2) is 0 Å². The molecule has 2 N–H and O–H groups in total. The highest BCUT2D eigenvalue weighted by molar-refractivity contribution is 5.39. The Morgan fingerprint density at radius 2 is 1.89 bits per heavy atom. The van der Waals surface area contributed by atoms with Crippen LogP contribution in [0.3, 0.4) is 0 Å². The van der Waals surface area contributed by atoms with Gasteiger partial charge in [-0.2, -0.15) is 0 Å². The van der Waals surface area contributed by atoms with Crippen LogP contribution < -0.4 is 10.5 Å². The molecule has 0 unspecified atom stereocenters. The lowest BCUT2D eigenvalue weighted by Crippen LogP contribution is -1.94. The van der Waals surface area contributed by atoms with E-state index in [4.69, 9.17) is 15.2 Å². The Balaban J connectivity index is 2.02. The Morgan fingerprint density at radius 3 is 2.56 bits per heavy atom. The number of nitrogens with zero attached hydrogens (tertiary/aromatic N) is 1. The van der Waals surface area contributed by atoms with Gasteiger partial charge in [0.05, 0.1) is 6.61 Å². The molecule has 1 aromatic carbocycles. The topological polar surface area (TPSA) is 57.4 Å². The first-order valence-electron chi connectivity index (χ1n) is 5.75. The third-order valence-electron chi connectivity index (χ3n) is 2.51. The standard InChI is InChI=1S/C14H16N2O2/c1-17-9-7-11-2-4-12(5-3-11)18-13-6-8-16-14(15)10-13/h2-6,8,10H,7,9H2,1H3,(H2,15,16). The molecule has 0 saturated heterocycles. The predicted octanol–water partition coefficient (Wildman–Crippen LogP) is 2.65. The summed E-state index contributed by atoms with van der Waals surface area (Å²) < 4.78 is 10.7. The highest BCUT2D eigenvalue weighted by Gasteiger charge is 1.99. The molecule has 0 amide bonds. The van der Waals surface area contributed by atoms with Crippen LogP contribution in [0.25, 0.3) is 0 Å². The first-order valence-corrected chi connectivity index (χ1v) is 5.75. The second-order valence-corrected chi connectivity index (χ2v) is 3.91. The Hall–Kier alpha value is -2.07.